The fourth-order valence-electron chi connectivity index (χ4n) is 3.30. The Bertz CT molecular complexity index is 909. The van der Waals surface area contributed by atoms with Crippen molar-refractivity contribution in [2.45, 2.75) is 37.5 Å². The minimum absolute atomic E-state index is 0.143. The van der Waals surface area contributed by atoms with Gasteiger partial charge >= 0.3 is 0 Å². The third kappa shape index (κ3) is 4.62. The van der Waals surface area contributed by atoms with Crippen molar-refractivity contribution >= 4 is 17.7 Å². The predicted octanol–water partition coefficient (Wildman–Crippen LogP) is 4.19. The number of carbonyl (C=O) groups excluding carboxylic acids is 1. The molecule has 1 aliphatic rings. The van der Waals surface area contributed by atoms with Gasteiger partial charge in [0, 0.05) is 12.6 Å². The summed E-state index contributed by atoms with van der Waals surface area (Å²) < 4.78 is 1.74. The summed E-state index contributed by atoms with van der Waals surface area (Å²) in [7, 11) is 0. The number of para-hydroxylation sites is 1. The van der Waals surface area contributed by atoms with Crippen LogP contribution in [0.25, 0.3) is 5.69 Å². The van der Waals surface area contributed by atoms with Gasteiger partial charge < -0.3 is 4.90 Å². The first-order valence-corrected chi connectivity index (χ1v) is 10.6. The zero-order chi connectivity index (χ0) is 19.3. The molecule has 2 aromatic carbocycles. The molecular formula is C22H24N4OS. The molecule has 28 heavy (non-hydrogen) atoms. The maximum absolute atomic E-state index is 13.0. The SMILES string of the molecule is C[C@@H](C1CC1)N(Cc1ccccc1)C(=O)CSc1ncn(-c2ccccc2)n1. The van der Waals surface area contributed by atoms with Crippen molar-refractivity contribution in [2.75, 3.05) is 5.75 Å². The Morgan fingerprint density at radius 2 is 1.82 bits per heavy atom. The number of hydrogen-bond donors (Lipinski definition) is 0. The number of aromatic nitrogens is 3. The van der Waals surface area contributed by atoms with Gasteiger partial charge in [-0.15, -0.1) is 5.10 Å². The smallest absolute Gasteiger partial charge is 0.233 e. The van der Waals surface area contributed by atoms with E-state index in [4.69, 9.17) is 0 Å². The minimum atomic E-state index is 0.143. The van der Waals surface area contributed by atoms with Gasteiger partial charge in [-0.2, -0.15) is 0 Å². The Hall–Kier alpha value is -2.60. The molecule has 6 heteroatoms. The molecule has 144 valence electrons. The number of rotatable bonds is 8. The van der Waals surface area contributed by atoms with Gasteiger partial charge in [0.1, 0.15) is 6.33 Å². The Labute approximate surface area is 169 Å². The fourth-order valence-corrected chi connectivity index (χ4v) is 3.99. The van der Waals surface area contributed by atoms with Crippen LogP contribution >= 0.6 is 11.8 Å². The summed E-state index contributed by atoms with van der Waals surface area (Å²) >= 11 is 1.40. The summed E-state index contributed by atoms with van der Waals surface area (Å²) in [5.41, 5.74) is 2.13. The van der Waals surface area contributed by atoms with Crippen LogP contribution in [0, 0.1) is 5.92 Å². The van der Waals surface area contributed by atoms with E-state index in [9.17, 15) is 4.79 Å². The number of nitrogens with zero attached hydrogens (tertiary/aromatic N) is 4. The molecule has 4 rings (SSSR count). The zero-order valence-corrected chi connectivity index (χ0v) is 16.8. The van der Waals surface area contributed by atoms with E-state index in [1.54, 1.807) is 11.0 Å². The predicted molar refractivity (Wildman–Crippen MR) is 111 cm³/mol. The van der Waals surface area contributed by atoms with Crippen molar-refractivity contribution in [1.82, 2.24) is 19.7 Å². The third-order valence-corrected chi connectivity index (χ3v) is 5.96. The molecule has 1 amide bonds. The van der Waals surface area contributed by atoms with Crippen molar-refractivity contribution in [3.8, 4) is 5.69 Å². The van der Waals surface area contributed by atoms with E-state index in [1.807, 2.05) is 53.4 Å². The average Bonchev–Trinajstić information content (AvgIpc) is 3.49. The summed E-state index contributed by atoms with van der Waals surface area (Å²) in [5.74, 6) is 1.13. The van der Waals surface area contributed by atoms with Crippen LogP contribution in [0.5, 0.6) is 0 Å². The molecule has 0 unspecified atom stereocenters. The summed E-state index contributed by atoms with van der Waals surface area (Å²) in [6.45, 7) is 2.83. The highest BCUT2D eigenvalue weighted by Crippen LogP contribution is 2.36. The molecule has 0 spiro atoms. The second-order valence-corrected chi connectivity index (χ2v) is 8.12. The number of thioether (sulfide) groups is 1. The van der Waals surface area contributed by atoms with Gasteiger partial charge in [-0.3, -0.25) is 4.79 Å². The van der Waals surface area contributed by atoms with Crippen LogP contribution in [-0.4, -0.2) is 37.4 Å². The molecular weight excluding hydrogens is 368 g/mol. The third-order valence-electron chi connectivity index (χ3n) is 5.13. The monoisotopic (exact) mass is 392 g/mol. The molecule has 1 aromatic heterocycles. The zero-order valence-electron chi connectivity index (χ0n) is 15.9. The number of benzene rings is 2. The van der Waals surface area contributed by atoms with Crippen molar-refractivity contribution in [1.29, 1.82) is 0 Å². The molecule has 0 saturated heterocycles. The van der Waals surface area contributed by atoms with E-state index >= 15 is 0 Å². The lowest BCUT2D eigenvalue weighted by molar-refractivity contribution is -0.131. The van der Waals surface area contributed by atoms with Crippen LogP contribution in [0.1, 0.15) is 25.3 Å². The van der Waals surface area contributed by atoms with Gasteiger partial charge in [0.15, 0.2) is 0 Å². The average molecular weight is 393 g/mol. The van der Waals surface area contributed by atoms with E-state index in [0.717, 1.165) is 5.69 Å². The highest BCUT2D eigenvalue weighted by Gasteiger charge is 2.34. The summed E-state index contributed by atoms with van der Waals surface area (Å²) in [4.78, 5) is 19.4. The highest BCUT2D eigenvalue weighted by molar-refractivity contribution is 7.99. The van der Waals surface area contributed by atoms with Crippen molar-refractivity contribution in [2.24, 2.45) is 5.92 Å². The number of carbonyl (C=O) groups is 1. The molecule has 5 nitrogen and oxygen atoms in total. The summed E-state index contributed by atoms with van der Waals surface area (Å²) in [6.07, 6.45) is 4.13. The Morgan fingerprint density at radius 3 is 2.50 bits per heavy atom. The first-order valence-electron chi connectivity index (χ1n) is 9.64. The van der Waals surface area contributed by atoms with Crippen LogP contribution in [0.4, 0.5) is 0 Å². The van der Waals surface area contributed by atoms with Gasteiger partial charge in [0.05, 0.1) is 11.4 Å². The minimum Gasteiger partial charge on any atom is -0.335 e. The number of amides is 1. The Morgan fingerprint density at radius 1 is 1.14 bits per heavy atom. The molecule has 1 aliphatic carbocycles. The van der Waals surface area contributed by atoms with E-state index in [2.05, 4.69) is 29.1 Å². The second kappa shape index (κ2) is 8.61. The van der Waals surface area contributed by atoms with E-state index < -0.39 is 0 Å². The van der Waals surface area contributed by atoms with Gasteiger partial charge in [-0.1, -0.05) is 60.3 Å². The van der Waals surface area contributed by atoms with Crippen LogP contribution in [0.2, 0.25) is 0 Å². The molecule has 1 saturated carbocycles. The maximum atomic E-state index is 13.0. The molecule has 1 atom stereocenters. The molecule has 0 N–H and O–H groups in total. The standard InChI is InChI=1S/C22H24N4OS/c1-17(19-12-13-19)25(14-18-8-4-2-5-9-18)21(27)15-28-22-23-16-26(24-22)20-10-6-3-7-11-20/h2-11,16-17,19H,12-15H2,1H3/t17-/m0/s1. The van der Waals surface area contributed by atoms with Gasteiger partial charge in [-0.25, -0.2) is 9.67 Å². The lowest BCUT2D eigenvalue weighted by Crippen LogP contribution is -2.40. The molecule has 1 fully saturated rings. The number of hydrogen-bond acceptors (Lipinski definition) is 4. The molecule has 3 aromatic rings. The molecule has 0 bridgehead atoms. The quantitative estimate of drug-likeness (QED) is 0.540. The topological polar surface area (TPSA) is 51.0 Å². The van der Waals surface area contributed by atoms with Crippen molar-refractivity contribution < 1.29 is 4.79 Å². The highest BCUT2D eigenvalue weighted by atomic mass is 32.2. The Kier molecular flexibility index (Phi) is 5.76. The first-order chi connectivity index (χ1) is 13.7. The van der Waals surface area contributed by atoms with Crippen LogP contribution in [-0.2, 0) is 11.3 Å². The van der Waals surface area contributed by atoms with Crippen LogP contribution in [0.15, 0.2) is 72.1 Å². The first kappa shape index (κ1) is 18.7. The fraction of sp³-hybridized carbons (Fsp3) is 0.318. The van der Waals surface area contributed by atoms with Crippen LogP contribution < -0.4 is 0 Å². The Balaban J connectivity index is 1.41. The summed E-state index contributed by atoms with van der Waals surface area (Å²) in [6, 6.07) is 20.3. The lowest BCUT2D eigenvalue weighted by Gasteiger charge is -2.29. The lowest BCUT2D eigenvalue weighted by atomic mass is 10.1. The normalized spacial score (nSPS) is 14.6. The van der Waals surface area contributed by atoms with Gasteiger partial charge in [0.25, 0.3) is 0 Å². The second-order valence-electron chi connectivity index (χ2n) is 7.18. The maximum Gasteiger partial charge on any atom is 0.233 e. The van der Waals surface area contributed by atoms with Gasteiger partial charge in [0.2, 0.25) is 11.1 Å². The van der Waals surface area contributed by atoms with E-state index in [-0.39, 0.29) is 11.9 Å². The van der Waals surface area contributed by atoms with Crippen LogP contribution in [0.3, 0.4) is 0 Å². The largest absolute Gasteiger partial charge is 0.335 e. The molecule has 1 heterocycles. The molecule has 0 aliphatic heterocycles. The van der Waals surface area contributed by atoms with E-state index in [0.29, 0.717) is 23.4 Å². The summed E-state index contributed by atoms with van der Waals surface area (Å²) in [5, 5.41) is 5.11. The molecule has 0 radical (unpaired) electrons. The van der Waals surface area contributed by atoms with Crippen molar-refractivity contribution in [3.05, 3.63) is 72.6 Å². The van der Waals surface area contributed by atoms with E-state index in [1.165, 1.54) is 30.2 Å². The van der Waals surface area contributed by atoms with Gasteiger partial charge in [-0.05, 0) is 43.4 Å². The van der Waals surface area contributed by atoms with Crippen molar-refractivity contribution in [3.63, 3.8) is 0 Å².